The Kier molecular flexibility index (Phi) is 4.43. The van der Waals surface area contributed by atoms with Gasteiger partial charge in [0.25, 0.3) is 5.91 Å². The molecule has 1 aromatic carbocycles. The van der Waals surface area contributed by atoms with Crippen LogP contribution in [-0.2, 0) is 6.54 Å². The van der Waals surface area contributed by atoms with Gasteiger partial charge >= 0.3 is 0 Å². The van der Waals surface area contributed by atoms with E-state index in [1.807, 2.05) is 35.4 Å². The van der Waals surface area contributed by atoms with E-state index < -0.39 is 0 Å². The summed E-state index contributed by atoms with van der Waals surface area (Å²) in [4.78, 5) is 23.6. The van der Waals surface area contributed by atoms with Crippen molar-refractivity contribution in [2.75, 3.05) is 13.1 Å². The quantitative estimate of drug-likeness (QED) is 0.742. The van der Waals surface area contributed by atoms with Gasteiger partial charge in [0.2, 0.25) is 0 Å². The summed E-state index contributed by atoms with van der Waals surface area (Å²) >= 11 is 0. The molecule has 1 amide bonds. The van der Waals surface area contributed by atoms with Crippen LogP contribution < -0.4 is 0 Å². The van der Waals surface area contributed by atoms with Gasteiger partial charge in [-0.15, -0.1) is 0 Å². The molecule has 3 heterocycles. The minimum atomic E-state index is 0.101. The van der Waals surface area contributed by atoms with Gasteiger partial charge in [0, 0.05) is 49.1 Å². The second kappa shape index (κ2) is 7.22. The molecule has 1 aliphatic heterocycles. The molecule has 3 aromatic rings. The number of hydrogen-bond acceptors (Lipinski definition) is 4. The normalized spacial score (nSPS) is 17.8. The van der Waals surface area contributed by atoms with Crippen molar-refractivity contribution >= 4 is 5.91 Å². The highest BCUT2D eigenvalue weighted by Crippen LogP contribution is 2.33. The molecule has 0 atom stereocenters. The Morgan fingerprint density at radius 2 is 1.86 bits per heavy atom. The highest BCUT2D eigenvalue weighted by molar-refractivity contribution is 5.94. The summed E-state index contributed by atoms with van der Waals surface area (Å²) in [7, 11) is 0. The molecule has 28 heavy (non-hydrogen) atoms. The fourth-order valence-corrected chi connectivity index (χ4v) is 4.05. The molecule has 1 N–H and O–H groups in total. The van der Waals surface area contributed by atoms with Gasteiger partial charge in [-0.25, -0.2) is 9.97 Å². The van der Waals surface area contributed by atoms with E-state index in [-0.39, 0.29) is 5.91 Å². The van der Waals surface area contributed by atoms with E-state index in [1.165, 1.54) is 25.0 Å². The van der Waals surface area contributed by atoms with Crippen molar-refractivity contribution in [2.24, 2.45) is 5.92 Å². The van der Waals surface area contributed by atoms with Crippen molar-refractivity contribution in [3.63, 3.8) is 0 Å². The summed E-state index contributed by atoms with van der Waals surface area (Å²) < 4.78 is 2.34. The van der Waals surface area contributed by atoms with Crippen molar-refractivity contribution in [3.05, 3.63) is 54.4 Å². The third-order valence-corrected chi connectivity index (χ3v) is 5.87. The van der Waals surface area contributed by atoms with Crippen LogP contribution in [0.4, 0.5) is 0 Å². The first kappa shape index (κ1) is 17.2. The minimum absolute atomic E-state index is 0.101. The third kappa shape index (κ3) is 3.44. The van der Waals surface area contributed by atoms with Gasteiger partial charge in [-0.3, -0.25) is 9.89 Å². The summed E-state index contributed by atoms with van der Waals surface area (Å²) in [5, 5.41) is 6.70. The van der Waals surface area contributed by atoms with Crippen molar-refractivity contribution < 1.29 is 4.79 Å². The van der Waals surface area contributed by atoms with E-state index in [4.69, 9.17) is 0 Å². The van der Waals surface area contributed by atoms with Crippen molar-refractivity contribution in [3.8, 4) is 11.4 Å². The number of aromatic amines is 1. The van der Waals surface area contributed by atoms with Crippen LogP contribution in [0.5, 0.6) is 0 Å². The van der Waals surface area contributed by atoms with Crippen LogP contribution in [0, 0.1) is 5.92 Å². The molecule has 2 fully saturated rings. The van der Waals surface area contributed by atoms with Crippen LogP contribution in [0.2, 0.25) is 0 Å². The maximum atomic E-state index is 12.9. The number of nitrogens with one attached hydrogen (secondary N) is 1. The Labute approximate surface area is 163 Å². The van der Waals surface area contributed by atoms with Gasteiger partial charge in [0.1, 0.15) is 12.2 Å². The monoisotopic (exact) mass is 376 g/mol. The summed E-state index contributed by atoms with van der Waals surface area (Å²) in [6.45, 7) is 2.67. The van der Waals surface area contributed by atoms with Crippen molar-refractivity contribution in [2.45, 2.75) is 38.1 Å². The molecule has 0 radical (unpaired) electrons. The molecular formula is C21H24N6O. The average molecular weight is 376 g/mol. The van der Waals surface area contributed by atoms with Crippen LogP contribution >= 0.6 is 0 Å². The van der Waals surface area contributed by atoms with E-state index >= 15 is 0 Å². The first-order valence-corrected chi connectivity index (χ1v) is 10.0. The lowest BCUT2D eigenvalue weighted by Gasteiger charge is -2.32. The fourth-order valence-electron chi connectivity index (χ4n) is 4.05. The summed E-state index contributed by atoms with van der Waals surface area (Å²) in [5.41, 5.74) is 1.65. The Morgan fingerprint density at radius 1 is 1.07 bits per heavy atom. The van der Waals surface area contributed by atoms with Crippen LogP contribution in [0.1, 0.15) is 47.8 Å². The summed E-state index contributed by atoms with van der Waals surface area (Å²) in [5.74, 6) is 3.31. The third-order valence-electron chi connectivity index (χ3n) is 5.87. The Hall–Kier alpha value is -2.96. The van der Waals surface area contributed by atoms with E-state index in [1.54, 1.807) is 0 Å². The zero-order valence-corrected chi connectivity index (χ0v) is 15.8. The van der Waals surface area contributed by atoms with E-state index in [0.29, 0.717) is 11.7 Å². The van der Waals surface area contributed by atoms with Gasteiger partial charge in [-0.2, -0.15) is 5.10 Å². The summed E-state index contributed by atoms with van der Waals surface area (Å²) in [6.07, 6.45) is 10.2. The molecule has 2 aromatic heterocycles. The van der Waals surface area contributed by atoms with E-state index in [2.05, 4.69) is 30.9 Å². The number of benzene rings is 1. The maximum Gasteiger partial charge on any atom is 0.253 e. The van der Waals surface area contributed by atoms with Crippen molar-refractivity contribution in [1.82, 2.24) is 29.6 Å². The molecule has 0 spiro atoms. The Morgan fingerprint density at radius 3 is 2.54 bits per heavy atom. The standard InChI is InChI=1S/C21H24N6O/c28-21(18-5-3-16(4-6-18)19-23-14-24-25-19)26-10-7-17(8-11-26)20-22-9-12-27(20)13-15-1-2-15/h3-6,9,12,14-15,17H,1-2,7-8,10-11,13H2,(H,23,24,25). The number of carbonyl (C=O) groups excluding carboxylic acids is 1. The highest BCUT2D eigenvalue weighted by Gasteiger charge is 2.29. The highest BCUT2D eigenvalue weighted by atomic mass is 16.2. The lowest BCUT2D eigenvalue weighted by molar-refractivity contribution is 0.0710. The molecular weight excluding hydrogens is 352 g/mol. The minimum Gasteiger partial charge on any atom is -0.339 e. The average Bonchev–Trinajstić information content (AvgIpc) is 3.20. The predicted molar refractivity (Wildman–Crippen MR) is 105 cm³/mol. The van der Waals surface area contributed by atoms with Gasteiger partial charge in [-0.05, 0) is 43.7 Å². The van der Waals surface area contributed by atoms with E-state index in [9.17, 15) is 4.79 Å². The number of imidazole rings is 1. The van der Waals surface area contributed by atoms with Gasteiger partial charge in [-0.1, -0.05) is 12.1 Å². The second-order valence-electron chi connectivity index (χ2n) is 7.86. The number of hydrogen-bond donors (Lipinski definition) is 1. The SMILES string of the molecule is O=C(c1ccc(-c2ncn[nH]2)cc1)N1CCC(c2nccn2CC2CC2)CC1. The Bertz CT molecular complexity index is 934. The molecule has 0 bridgehead atoms. The number of aromatic nitrogens is 5. The predicted octanol–water partition coefficient (Wildman–Crippen LogP) is 3.10. The Balaban J connectivity index is 1.22. The first-order chi connectivity index (χ1) is 13.8. The van der Waals surface area contributed by atoms with Gasteiger partial charge in [0.05, 0.1) is 0 Å². The molecule has 144 valence electrons. The zero-order valence-electron chi connectivity index (χ0n) is 15.8. The fraction of sp³-hybridized carbons (Fsp3) is 0.429. The van der Waals surface area contributed by atoms with Crippen LogP contribution in [0.3, 0.4) is 0 Å². The summed E-state index contributed by atoms with van der Waals surface area (Å²) in [6, 6.07) is 7.56. The molecule has 7 heteroatoms. The molecule has 5 rings (SSSR count). The lowest BCUT2D eigenvalue weighted by atomic mass is 9.95. The van der Waals surface area contributed by atoms with Crippen LogP contribution in [0.25, 0.3) is 11.4 Å². The molecule has 1 saturated carbocycles. The zero-order chi connectivity index (χ0) is 18.9. The number of likely N-dealkylation sites (tertiary alicyclic amines) is 1. The van der Waals surface area contributed by atoms with Crippen LogP contribution in [0.15, 0.2) is 43.0 Å². The van der Waals surface area contributed by atoms with Gasteiger partial charge in [0.15, 0.2) is 5.82 Å². The van der Waals surface area contributed by atoms with Gasteiger partial charge < -0.3 is 9.47 Å². The molecule has 0 unspecified atom stereocenters. The number of piperidine rings is 1. The molecule has 1 aliphatic carbocycles. The second-order valence-corrected chi connectivity index (χ2v) is 7.86. The largest absolute Gasteiger partial charge is 0.339 e. The maximum absolute atomic E-state index is 12.9. The lowest BCUT2D eigenvalue weighted by Crippen LogP contribution is -2.38. The molecule has 7 nitrogen and oxygen atoms in total. The van der Waals surface area contributed by atoms with E-state index in [0.717, 1.165) is 49.5 Å². The number of carbonyl (C=O) groups is 1. The molecule has 2 aliphatic rings. The van der Waals surface area contributed by atoms with Crippen molar-refractivity contribution in [1.29, 1.82) is 0 Å². The van der Waals surface area contributed by atoms with Crippen LogP contribution in [-0.4, -0.2) is 48.6 Å². The smallest absolute Gasteiger partial charge is 0.253 e. The number of nitrogens with zero attached hydrogens (tertiary/aromatic N) is 5. The topological polar surface area (TPSA) is 79.7 Å². The number of amides is 1. The first-order valence-electron chi connectivity index (χ1n) is 10.0. The number of H-pyrrole nitrogens is 1. The molecule has 1 saturated heterocycles. The number of rotatable bonds is 5.